The molecule has 2 N–H and O–H groups in total. The summed E-state index contributed by atoms with van der Waals surface area (Å²) in [5, 5.41) is 4.17. The summed E-state index contributed by atoms with van der Waals surface area (Å²) < 4.78 is 98.9. The third kappa shape index (κ3) is 11.5. The molecule has 336 valence electrons. The summed E-state index contributed by atoms with van der Waals surface area (Å²) in [4.78, 5) is 14.3. The van der Waals surface area contributed by atoms with E-state index in [4.69, 9.17) is 23.2 Å². The molecule has 7 rings (SSSR count). The van der Waals surface area contributed by atoms with Crippen LogP contribution in [-0.4, -0.2) is 105 Å². The minimum atomic E-state index is -6.01. The lowest BCUT2D eigenvalue weighted by atomic mass is 9.96. The third-order valence-electron chi connectivity index (χ3n) is 11.3. The van der Waals surface area contributed by atoms with Gasteiger partial charge in [-0.05, 0) is 119 Å². The Balaban J connectivity index is 1.04. The molecule has 1 aromatic heterocycles. The van der Waals surface area contributed by atoms with Crippen molar-refractivity contribution in [1.82, 2.24) is 24.7 Å². The van der Waals surface area contributed by atoms with Crippen LogP contribution in [0.3, 0.4) is 0 Å². The lowest BCUT2D eigenvalue weighted by Crippen LogP contribution is -2.46. The molecule has 0 unspecified atom stereocenters. The van der Waals surface area contributed by atoms with E-state index in [2.05, 4.69) is 48.0 Å². The number of nitrogens with one attached hydrogen (secondary N) is 2. The Morgan fingerprint density at radius 2 is 1.62 bits per heavy atom. The molecule has 19 heteroatoms. The van der Waals surface area contributed by atoms with Gasteiger partial charge >= 0.3 is 5.51 Å². The standard InChI is InChI=1S/C44H48Cl2F3N7O4S3/c1-54(2)21-17-33(28-61-41-10-6-5-9-38(41)46)52-39-16-15-35(25-42(39)62(57,58)44(47,48)49)63(59,60)53-43-37-20-24-56(27-40(37)50-29-51-43)34-18-22-55(23-19-34)26-31-7-3-4-8-36(31)30-11-13-32(45)14-12-30/h3-16,25,29,33-34,52H,17-24,26-28H2,1-2H3,(H,50,51,53)/t33-/m1/s1. The zero-order valence-electron chi connectivity index (χ0n) is 34.7. The van der Waals surface area contributed by atoms with Crippen LogP contribution in [-0.2, 0) is 39.4 Å². The van der Waals surface area contributed by atoms with E-state index in [0.29, 0.717) is 65.6 Å². The molecule has 63 heavy (non-hydrogen) atoms. The van der Waals surface area contributed by atoms with Crippen LogP contribution >= 0.6 is 35.0 Å². The Morgan fingerprint density at radius 1 is 0.905 bits per heavy atom. The summed E-state index contributed by atoms with van der Waals surface area (Å²) in [6, 6.07) is 25.8. The van der Waals surface area contributed by atoms with E-state index in [0.717, 1.165) is 55.1 Å². The van der Waals surface area contributed by atoms with Gasteiger partial charge in [0.2, 0.25) is 0 Å². The second kappa shape index (κ2) is 20.1. The highest BCUT2D eigenvalue weighted by atomic mass is 35.5. The molecule has 3 heterocycles. The van der Waals surface area contributed by atoms with Crippen molar-refractivity contribution in [1.29, 1.82) is 0 Å². The van der Waals surface area contributed by atoms with E-state index >= 15 is 0 Å². The molecule has 4 aromatic carbocycles. The van der Waals surface area contributed by atoms with Gasteiger partial charge in [-0.25, -0.2) is 26.8 Å². The fraction of sp³-hybridized carbons (Fsp3) is 0.364. The fourth-order valence-electron chi connectivity index (χ4n) is 7.93. The number of anilines is 2. The van der Waals surface area contributed by atoms with Gasteiger partial charge in [0, 0.05) is 53.0 Å². The first-order chi connectivity index (χ1) is 30.0. The van der Waals surface area contributed by atoms with E-state index in [-0.39, 0.29) is 17.5 Å². The van der Waals surface area contributed by atoms with E-state index in [1.165, 1.54) is 29.2 Å². The molecule has 0 amide bonds. The van der Waals surface area contributed by atoms with Gasteiger partial charge in [0.05, 0.1) is 21.3 Å². The third-order valence-corrected chi connectivity index (χ3v) is 16.1. The van der Waals surface area contributed by atoms with Gasteiger partial charge in [0.25, 0.3) is 19.9 Å². The summed E-state index contributed by atoms with van der Waals surface area (Å²) >= 11 is 13.8. The summed E-state index contributed by atoms with van der Waals surface area (Å²) in [7, 11) is -6.96. The number of hydrogen-bond acceptors (Lipinski definition) is 11. The number of fused-ring (bicyclic) bond motifs is 1. The quantitative estimate of drug-likeness (QED) is 0.0920. The number of alkyl halides is 3. The molecule has 5 aromatic rings. The van der Waals surface area contributed by atoms with Crippen LogP contribution in [0.4, 0.5) is 24.7 Å². The number of aromatic nitrogens is 2. The second-order valence-electron chi connectivity index (χ2n) is 15.9. The summed E-state index contributed by atoms with van der Waals surface area (Å²) in [6.45, 7) is 4.23. The maximum absolute atomic E-state index is 14.2. The minimum Gasteiger partial charge on any atom is -0.380 e. The van der Waals surface area contributed by atoms with Crippen molar-refractivity contribution in [3.05, 3.63) is 124 Å². The SMILES string of the molecule is CN(C)CC[C@H](CSc1ccccc1Cl)Nc1ccc(S(=O)(=O)Nc2ncnc3c2CCN(C2CCN(Cc4ccccc4-c4ccc(Cl)cc4)CC2)C3)cc1S(=O)(=O)C(F)(F)F. The molecular formula is C44H48Cl2F3N7O4S3. The average Bonchev–Trinajstić information content (AvgIpc) is 3.25. The number of sulfone groups is 1. The first-order valence-corrected chi connectivity index (χ1v) is 25.1. The highest BCUT2D eigenvalue weighted by molar-refractivity contribution is 7.99. The molecule has 2 aliphatic rings. The van der Waals surface area contributed by atoms with Gasteiger partial charge < -0.3 is 10.2 Å². The minimum absolute atomic E-state index is 0.00315. The van der Waals surface area contributed by atoms with Crippen molar-refractivity contribution in [2.75, 3.05) is 56.1 Å². The maximum atomic E-state index is 14.2. The maximum Gasteiger partial charge on any atom is 0.501 e. The van der Waals surface area contributed by atoms with Crippen LogP contribution in [0, 0.1) is 0 Å². The van der Waals surface area contributed by atoms with Crippen molar-refractivity contribution in [2.45, 2.75) is 71.1 Å². The van der Waals surface area contributed by atoms with Crippen LogP contribution in [0.1, 0.15) is 36.1 Å². The van der Waals surface area contributed by atoms with E-state index < -0.39 is 41.2 Å². The number of nitrogens with zero attached hydrogens (tertiary/aromatic N) is 5. The number of sulfonamides is 1. The van der Waals surface area contributed by atoms with Crippen molar-refractivity contribution >= 4 is 66.3 Å². The van der Waals surface area contributed by atoms with Crippen LogP contribution in [0.2, 0.25) is 10.0 Å². The lowest BCUT2D eigenvalue weighted by Gasteiger charge is -2.40. The van der Waals surface area contributed by atoms with Gasteiger partial charge in [-0.3, -0.25) is 14.5 Å². The van der Waals surface area contributed by atoms with Crippen molar-refractivity contribution < 1.29 is 30.0 Å². The zero-order valence-corrected chi connectivity index (χ0v) is 38.6. The second-order valence-corrected chi connectivity index (χ2v) is 21.4. The van der Waals surface area contributed by atoms with Crippen LogP contribution < -0.4 is 10.0 Å². The topological polar surface area (TPSA) is 128 Å². The zero-order chi connectivity index (χ0) is 44.9. The molecular weight excluding hydrogens is 915 g/mol. The van der Waals surface area contributed by atoms with E-state index in [9.17, 15) is 30.0 Å². The Morgan fingerprint density at radius 3 is 2.33 bits per heavy atom. The number of rotatable bonds is 16. The number of benzene rings is 4. The first kappa shape index (κ1) is 47.0. The summed E-state index contributed by atoms with van der Waals surface area (Å²) in [6.07, 6.45) is 3.98. The van der Waals surface area contributed by atoms with Gasteiger partial charge in [0.15, 0.2) is 0 Å². The lowest BCUT2D eigenvalue weighted by molar-refractivity contribution is -0.0435. The van der Waals surface area contributed by atoms with Crippen molar-refractivity contribution in [3.8, 4) is 11.1 Å². The Kier molecular flexibility index (Phi) is 15.0. The van der Waals surface area contributed by atoms with Crippen molar-refractivity contribution in [3.63, 3.8) is 0 Å². The smallest absolute Gasteiger partial charge is 0.380 e. The van der Waals surface area contributed by atoms with Gasteiger partial charge in [-0.1, -0.05) is 71.7 Å². The number of hydrogen-bond donors (Lipinski definition) is 2. The highest BCUT2D eigenvalue weighted by Gasteiger charge is 2.48. The molecule has 1 saturated heterocycles. The van der Waals surface area contributed by atoms with E-state index in [1.54, 1.807) is 18.2 Å². The van der Waals surface area contributed by atoms with Crippen molar-refractivity contribution in [2.24, 2.45) is 0 Å². The number of likely N-dealkylation sites (tertiary alicyclic amines) is 1. The summed E-state index contributed by atoms with van der Waals surface area (Å²) in [5.74, 6) is 0.317. The predicted molar refractivity (Wildman–Crippen MR) is 245 cm³/mol. The number of thioether (sulfide) groups is 1. The van der Waals surface area contributed by atoms with E-state index in [1.807, 2.05) is 55.4 Å². The van der Waals surface area contributed by atoms with Crippen LogP contribution in [0.5, 0.6) is 0 Å². The summed E-state index contributed by atoms with van der Waals surface area (Å²) in [5.41, 5.74) is -1.32. The first-order valence-electron chi connectivity index (χ1n) is 20.4. The van der Waals surface area contributed by atoms with Gasteiger partial charge in [-0.15, -0.1) is 11.8 Å². The molecule has 11 nitrogen and oxygen atoms in total. The highest BCUT2D eigenvalue weighted by Crippen LogP contribution is 2.38. The Bertz CT molecular complexity index is 2620. The molecule has 1 fully saturated rings. The average molecular weight is 963 g/mol. The predicted octanol–water partition coefficient (Wildman–Crippen LogP) is 9.09. The molecule has 1 atom stereocenters. The number of halogens is 5. The molecule has 0 spiro atoms. The molecule has 2 aliphatic heterocycles. The monoisotopic (exact) mass is 961 g/mol. The molecule has 0 saturated carbocycles. The fourth-order valence-corrected chi connectivity index (χ4v) is 11.5. The normalized spacial score (nSPS) is 16.2. The Hall–Kier alpha value is -3.94. The van der Waals surface area contributed by atoms with Gasteiger partial charge in [-0.2, -0.15) is 13.2 Å². The van der Waals surface area contributed by atoms with Gasteiger partial charge in [0.1, 0.15) is 17.0 Å². The molecule has 0 radical (unpaired) electrons. The number of piperidine rings is 1. The molecule has 0 aliphatic carbocycles. The Labute approximate surface area is 381 Å². The van der Waals surface area contributed by atoms with Crippen LogP contribution in [0.15, 0.2) is 112 Å². The molecule has 0 bridgehead atoms. The van der Waals surface area contributed by atoms with Crippen LogP contribution in [0.25, 0.3) is 11.1 Å². The largest absolute Gasteiger partial charge is 0.501 e.